The van der Waals surface area contributed by atoms with Crippen LogP contribution in [0.4, 0.5) is 0 Å². The highest BCUT2D eigenvalue weighted by Gasteiger charge is 2.19. The fraction of sp³-hybridized carbons (Fsp3) is 0.533. The summed E-state index contributed by atoms with van der Waals surface area (Å²) in [7, 11) is 0. The van der Waals surface area contributed by atoms with Crippen molar-refractivity contribution in [1.82, 2.24) is 20.6 Å². The Morgan fingerprint density at radius 3 is 3.05 bits per heavy atom. The lowest BCUT2D eigenvalue weighted by molar-refractivity contribution is -0.122. The van der Waals surface area contributed by atoms with Crippen LogP contribution < -0.4 is 10.6 Å². The summed E-state index contributed by atoms with van der Waals surface area (Å²) in [6, 6.07) is -0.214. The van der Waals surface area contributed by atoms with Crippen LogP contribution in [0.5, 0.6) is 0 Å². The van der Waals surface area contributed by atoms with Crippen LogP contribution in [-0.2, 0) is 24.2 Å². The number of fused-ring (bicyclic) bond motifs is 1. The van der Waals surface area contributed by atoms with Gasteiger partial charge in [-0.1, -0.05) is 12.2 Å². The molecule has 2 heterocycles. The molecule has 0 radical (unpaired) electrons. The van der Waals surface area contributed by atoms with Gasteiger partial charge in [-0.2, -0.15) is 0 Å². The van der Waals surface area contributed by atoms with E-state index in [1.165, 1.54) is 24.1 Å². The van der Waals surface area contributed by atoms with E-state index in [-0.39, 0.29) is 11.9 Å². The molecule has 1 aliphatic heterocycles. The van der Waals surface area contributed by atoms with Crippen molar-refractivity contribution in [1.29, 1.82) is 0 Å². The summed E-state index contributed by atoms with van der Waals surface area (Å²) in [6.45, 7) is 3.20. The molecule has 1 aromatic rings. The Labute approximate surface area is 118 Å². The van der Waals surface area contributed by atoms with Crippen molar-refractivity contribution in [3.05, 3.63) is 34.9 Å². The molecule has 5 nitrogen and oxygen atoms in total. The molecule has 0 saturated heterocycles. The van der Waals surface area contributed by atoms with Gasteiger partial charge in [0, 0.05) is 17.9 Å². The van der Waals surface area contributed by atoms with Crippen molar-refractivity contribution in [2.24, 2.45) is 0 Å². The number of hydrogen-bond donors (Lipinski definition) is 2. The quantitative estimate of drug-likeness (QED) is 0.799. The van der Waals surface area contributed by atoms with Gasteiger partial charge in [0.2, 0.25) is 5.91 Å². The first-order valence-corrected chi connectivity index (χ1v) is 7.27. The zero-order chi connectivity index (χ0) is 13.9. The van der Waals surface area contributed by atoms with Gasteiger partial charge in [-0.15, -0.1) is 0 Å². The third kappa shape index (κ3) is 2.72. The standard InChI is InChI=1S/C15H20N4O/c1-10-11-5-2-3-6-12(11)19-14(18-10)9-17-15(20)13-7-4-8-16-13/h4,7,13,16H,2-3,5-6,8-9H2,1H3,(H,17,20). The van der Waals surface area contributed by atoms with Crippen LogP contribution in [0.2, 0.25) is 0 Å². The summed E-state index contributed by atoms with van der Waals surface area (Å²) >= 11 is 0. The van der Waals surface area contributed by atoms with E-state index < -0.39 is 0 Å². The Bertz CT molecular complexity index is 553. The molecule has 0 aromatic carbocycles. The van der Waals surface area contributed by atoms with Crippen LogP contribution in [-0.4, -0.2) is 28.5 Å². The van der Waals surface area contributed by atoms with Gasteiger partial charge in [-0.3, -0.25) is 10.1 Å². The highest BCUT2D eigenvalue weighted by atomic mass is 16.2. The first-order valence-electron chi connectivity index (χ1n) is 7.27. The number of amides is 1. The summed E-state index contributed by atoms with van der Waals surface area (Å²) in [5, 5.41) is 5.99. The van der Waals surface area contributed by atoms with Crippen LogP contribution in [0.1, 0.15) is 35.6 Å². The fourth-order valence-electron chi connectivity index (χ4n) is 2.85. The molecule has 0 fully saturated rings. The molecule has 1 amide bonds. The van der Waals surface area contributed by atoms with Crippen molar-refractivity contribution < 1.29 is 4.79 Å². The van der Waals surface area contributed by atoms with Crippen molar-refractivity contribution in [2.45, 2.75) is 45.2 Å². The lowest BCUT2D eigenvalue weighted by Crippen LogP contribution is -2.40. The highest BCUT2D eigenvalue weighted by Crippen LogP contribution is 2.21. The minimum atomic E-state index is -0.214. The molecule has 3 rings (SSSR count). The molecular formula is C15H20N4O. The molecule has 2 aliphatic rings. The number of aromatic nitrogens is 2. The molecule has 1 atom stereocenters. The highest BCUT2D eigenvalue weighted by molar-refractivity contribution is 5.84. The van der Waals surface area contributed by atoms with Gasteiger partial charge in [0.25, 0.3) is 0 Å². The van der Waals surface area contributed by atoms with Crippen LogP contribution in [0.25, 0.3) is 0 Å². The number of hydrogen-bond acceptors (Lipinski definition) is 4. The second kappa shape index (κ2) is 5.71. The smallest absolute Gasteiger partial charge is 0.241 e. The van der Waals surface area contributed by atoms with Gasteiger partial charge in [0.1, 0.15) is 11.9 Å². The topological polar surface area (TPSA) is 66.9 Å². The monoisotopic (exact) mass is 272 g/mol. The summed E-state index contributed by atoms with van der Waals surface area (Å²) < 4.78 is 0. The van der Waals surface area contributed by atoms with Crippen molar-refractivity contribution in [2.75, 3.05) is 6.54 Å². The van der Waals surface area contributed by atoms with E-state index >= 15 is 0 Å². The molecular weight excluding hydrogens is 252 g/mol. The molecule has 20 heavy (non-hydrogen) atoms. The van der Waals surface area contributed by atoms with Crippen molar-refractivity contribution in [3.63, 3.8) is 0 Å². The second-order valence-corrected chi connectivity index (χ2v) is 5.39. The molecule has 106 valence electrons. The largest absolute Gasteiger partial charge is 0.347 e. The first kappa shape index (κ1) is 13.2. The van der Waals surface area contributed by atoms with Crippen LogP contribution in [0.15, 0.2) is 12.2 Å². The SMILES string of the molecule is Cc1nc(CNC(=O)C2C=CCN2)nc2c1CCCC2. The molecule has 0 saturated carbocycles. The average molecular weight is 272 g/mol. The van der Waals surface area contributed by atoms with Gasteiger partial charge in [0.05, 0.1) is 6.54 Å². The summed E-state index contributed by atoms with van der Waals surface area (Å²) in [4.78, 5) is 21.0. The number of aryl methyl sites for hydroxylation is 2. The van der Waals surface area contributed by atoms with E-state index in [0.29, 0.717) is 6.54 Å². The molecule has 1 aromatic heterocycles. The molecule has 1 aliphatic carbocycles. The minimum Gasteiger partial charge on any atom is -0.347 e. The lowest BCUT2D eigenvalue weighted by Gasteiger charge is -2.18. The molecule has 2 N–H and O–H groups in total. The average Bonchev–Trinajstić information content (AvgIpc) is 2.99. The van der Waals surface area contributed by atoms with Crippen LogP contribution in [0.3, 0.4) is 0 Å². The Balaban J connectivity index is 1.67. The third-order valence-corrected chi connectivity index (χ3v) is 3.92. The van der Waals surface area contributed by atoms with E-state index in [0.717, 1.165) is 30.9 Å². The first-order chi connectivity index (χ1) is 9.74. The molecule has 0 bridgehead atoms. The van der Waals surface area contributed by atoms with Gasteiger partial charge in [-0.25, -0.2) is 9.97 Å². The van der Waals surface area contributed by atoms with E-state index in [2.05, 4.69) is 20.6 Å². The Morgan fingerprint density at radius 2 is 2.25 bits per heavy atom. The second-order valence-electron chi connectivity index (χ2n) is 5.39. The fourth-order valence-corrected chi connectivity index (χ4v) is 2.85. The van der Waals surface area contributed by atoms with E-state index in [1.54, 1.807) is 0 Å². The maximum atomic E-state index is 11.9. The van der Waals surface area contributed by atoms with Gasteiger partial charge >= 0.3 is 0 Å². The van der Waals surface area contributed by atoms with Gasteiger partial charge < -0.3 is 5.32 Å². The summed E-state index contributed by atoms with van der Waals surface area (Å²) in [5.41, 5.74) is 3.55. The number of rotatable bonds is 3. The zero-order valence-electron chi connectivity index (χ0n) is 11.8. The Kier molecular flexibility index (Phi) is 3.78. The number of nitrogens with zero attached hydrogens (tertiary/aromatic N) is 2. The lowest BCUT2D eigenvalue weighted by atomic mass is 9.95. The van der Waals surface area contributed by atoms with E-state index in [1.807, 2.05) is 19.1 Å². The molecule has 1 unspecified atom stereocenters. The maximum Gasteiger partial charge on any atom is 0.241 e. The number of nitrogens with one attached hydrogen (secondary N) is 2. The molecule has 0 spiro atoms. The van der Waals surface area contributed by atoms with Crippen molar-refractivity contribution >= 4 is 5.91 Å². The normalized spacial score (nSPS) is 20.8. The predicted molar refractivity (Wildman–Crippen MR) is 76.2 cm³/mol. The van der Waals surface area contributed by atoms with E-state index in [4.69, 9.17) is 0 Å². The zero-order valence-corrected chi connectivity index (χ0v) is 11.8. The predicted octanol–water partition coefficient (Wildman–Crippen LogP) is 0.808. The third-order valence-electron chi connectivity index (χ3n) is 3.92. The summed E-state index contributed by atoms with van der Waals surface area (Å²) in [5.74, 6) is 0.705. The Hall–Kier alpha value is -1.75. The summed E-state index contributed by atoms with van der Waals surface area (Å²) in [6.07, 6.45) is 8.40. The van der Waals surface area contributed by atoms with Gasteiger partial charge in [0.15, 0.2) is 0 Å². The number of carbonyl (C=O) groups excluding carboxylic acids is 1. The van der Waals surface area contributed by atoms with Crippen molar-refractivity contribution in [3.8, 4) is 0 Å². The number of carbonyl (C=O) groups is 1. The van der Waals surface area contributed by atoms with Crippen LogP contribution in [0, 0.1) is 6.92 Å². The maximum absolute atomic E-state index is 11.9. The van der Waals surface area contributed by atoms with E-state index in [9.17, 15) is 4.79 Å². The van der Waals surface area contributed by atoms with Crippen LogP contribution >= 0.6 is 0 Å². The minimum absolute atomic E-state index is 0.0160. The molecule has 5 heteroatoms. The van der Waals surface area contributed by atoms with Gasteiger partial charge in [-0.05, 0) is 38.2 Å². The Morgan fingerprint density at radius 1 is 1.40 bits per heavy atom.